The van der Waals surface area contributed by atoms with Crippen LogP contribution in [0.4, 0.5) is 0 Å². The number of nitrogens with one attached hydrogen (secondary N) is 2. The summed E-state index contributed by atoms with van der Waals surface area (Å²) >= 11 is 0. The fraction of sp³-hybridized carbons (Fsp3) is 0.579. The second-order valence-corrected chi connectivity index (χ2v) is 7.68. The molecule has 2 atom stereocenters. The fourth-order valence-corrected chi connectivity index (χ4v) is 2.18. The molecule has 1 aromatic carbocycles. The van der Waals surface area contributed by atoms with E-state index in [-0.39, 0.29) is 36.2 Å². The minimum atomic E-state index is -0.799. The van der Waals surface area contributed by atoms with Crippen molar-refractivity contribution in [3.8, 4) is 0 Å². The Balaban J connectivity index is 2.44. The maximum Gasteiger partial charge on any atom is 0.239 e. The van der Waals surface area contributed by atoms with E-state index in [1.807, 2.05) is 38.1 Å². The Bertz CT molecular complexity index is 577. The van der Waals surface area contributed by atoms with E-state index >= 15 is 0 Å². The topological polar surface area (TPSA) is 104 Å². The van der Waals surface area contributed by atoms with E-state index in [0.717, 1.165) is 5.56 Å². The molecule has 2 amide bonds. The van der Waals surface area contributed by atoms with E-state index in [4.69, 9.17) is 5.73 Å². The van der Waals surface area contributed by atoms with Crippen LogP contribution >= 0.6 is 0 Å². The third-order valence-corrected chi connectivity index (χ3v) is 4.10. The van der Waals surface area contributed by atoms with Gasteiger partial charge >= 0.3 is 0 Å². The molecule has 0 aliphatic heterocycles. The minimum Gasteiger partial charge on any atom is -0.387 e. The maximum absolute atomic E-state index is 11.8. The Morgan fingerprint density at radius 2 is 1.68 bits per heavy atom. The number of carbonyl (C=O) groups is 2. The zero-order valence-corrected chi connectivity index (χ0v) is 15.8. The van der Waals surface area contributed by atoms with Crippen LogP contribution in [0.5, 0.6) is 0 Å². The van der Waals surface area contributed by atoms with Crippen LogP contribution in [-0.4, -0.2) is 36.1 Å². The molecule has 0 radical (unpaired) electrons. The van der Waals surface area contributed by atoms with Gasteiger partial charge in [-0.1, -0.05) is 58.9 Å². The molecule has 1 aromatic rings. The van der Waals surface area contributed by atoms with Gasteiger partial charge in [0.05, 0.1) is 18.7 Å². The van der Waals surface area contributed by atoms with Gasteiger partial charge in [0.1, 0.15) is 0 Å². The summed E-state index contributed by atoms with van der Waals surface area (Å²) in [7, 11) is 0. The monoisotopic (exact) mass is 349 g/mol. The van der Waals surface area contributed by atoms with Gasteiger partial charge in [0.25, 0.3) is 0 Å². The highest BCUT2D eigenvalue weighted by Gasteiger charge is 2.18. The lowest BCUT2D eigenvalue weighted by atomic mass is 9.86. The Labute approximate surface area is 150 Å². The van der Waals surface area contributed by atoms with Gasteiger partial charge in [-0.15, -0.1) is 0 Å². The average Bonchev–Trinajstić information content (AvgIpc) is 2.55. The summed E-state index contributed by atoms with van der Waals surface area (Å²) in [5, 5.41) is 15.3. The predicted octanol–water partition coefficient (Wildman–Crippen LogP) is 1.23. The summed E-state index contributed by atoms with van der Waals surface area (Å²) in [5.41, 5.74) is 7.66. The first-order chi connectivity index (χ1) is 11.5. The van der Waals surface area contributed by atoms with Crippen molar-refractivity contribution in [3.63, 3.8) is 0 Å². The average molecular weight is 349 g/mol. The van der Waals surface area contributed by atoms with Crippen molar-refractivity contribution in [1.29, 1.82) is 0 Å². The lowest BCUT2D eigenvalue weighted by Gasteiger charge is -2.20. The minimum absolute atomic E-state index is 0.000883. The van der Waals surface area contributed by atoms with Crippen LogP contribution in [0.2, 0.25) is 0 Å². The van der Waals surface area contributed by atoms with Crippen LogP contribution in [0.1, 0.15) is 51.8 Å². The smallest absolute Gasteiger partial charge is 0.239 e. The molecule has 0 spiro atoms. The molecule has 1 rings (SSSR count). The second kappa shape index (κ2) is 8.97. The molecule has 6 nitrogen and oxygen atoms in total. The van der Waals surface area contributed by atoms with Crippen LogP contribution in [0, 0.1) is 5.92 Å². The standard InChI is InChI=1S/C19H31N3O3/c1-12(2)17(20)18(25)22-11-16(24)21-10-15(23)13-6-8-14(9-7-13)19(3,4)5/h6-9,12,15,17,23H,10-11,20H2,1-5H3,(H,21,24)(H,22,25)/t15?,17-/m0/s1. The summed E-state index contributed by atoms with van der Waals surface area (Å²) in [4.78, 5) is 23.5. The molecule has 6 heteroatoms. The van der Waals surface area contributed by atoms with Gasteiger partial charge < -0.3 is 21.5 Å². The summed E-state index contributed by atoms with van der Waals surface area (Å²) in [6.45, 7) is 9.97. The number of aliphatic hydroxyl groups is 1. The number of carbonyl (C=O) groups excluding carboxylic acids is 2. The largest absolute Gasteiger partial charge is 0.387 e. The predicted molar refractivity (Wildman–Crippen MR) is 98.9 cm³/mol. The number of aliphatic hydroxyl groups excluding tert-OH is 1. The molecule has 0 saturated heterocycles. The normalized spacial score (nSPS) is 14.1. The first kappa shape index (κ1) is 21.1. The van der Waals surface area contributed by atoms with Crippen molar-refractivity contribution in [2.75, 3.05) is 13.1 Å². The van der Waals surface area contributed by atoms with Gasteiger partial charge in [-0.3, -0.25) is 9.59 Å². The molecule has 0 bridgehead atoms. The van der Waals surface area contributed by atoms with Crippen molar-refractivity contribution in [3.05, 3.63) is 35.4 Å². The van der Waals surface area contributed by atoms with Crippen LogP contribution in [0.3, 0.4) is 0 Å². The van der Waals surface area contributed by atoms with Gasteiger partial charge in [-0.05, 0) is 22.5 Å². The van der Waals surface area contributed by atoms with Crippen molar-refractivity contribution in [2.45, 2.75) is 52.2 Å². The van der Waals surface area contributed by atoms with E-state index < -0.39 is 12.1 Å². The van der Waals surface area contributed by atoms with Crippen LogP contribution in [0.15, 0.2) is 24.3 Å². The number of rotatable bonds is 7. The fourth-order valence-electron chi connectivity index (χ4n) is 2.18. The molecule has 25 heavy (non-hydrogen) atoms. The molecule has 0 heterocycles. The zero-order valence-electron chi connectivity index (χ0n) is 15.8. The number of amides is 2. The zero-order chi connectivity index (χ0) is 19.2. The molecule has 0 aliphatic carbocycles. The Morgan fingerprint density at radius 1 is 1.12 bits per heavy atom. The Kier molecular flexibility index (Phi) is 7.58. The number of hydrogen-bond acceptors (Lipinski definition) is 4. The number of nitrogens with two attached hydrogens (primary N) is 1. The summed E-state index contributed by atoms with van der Waals surface area (Å²) in [6.07, 6.45) is -0.799. The lowest BCUT2D eigenvalue weighted by Crippen LogP contribution is -2.47. The van der Waals surface area contributed by atoms with Crippen molar-refractivity contribution >= 4 is 11.8 Å². The van der Waals surface area contributed by atoms with E-state index in [1.54, 1.807) is 0 Å². The van der Waals surface area contributed by atoms with Crippen LogP contribution < -0.4 is 16.4 Å². The van der Waals surface area contributed by atoms with Crippen molar-refractivity contribution < 1.29 is 14.7 Å². The molecule has 0 aliphatic rings. The highest BCUT2D eigenvalue weighted by Crippen LogP contribution is 2.23. The molecule has 140 valence electrons. The first-order valence-electron chi connectivity index (χ1n) is 8.61. The Hall–Kier alpha value is -1.92. The third kappa shape index (κ3) is 6.84. The van der Waals surface area contributed by atoms with Crippen molar-refractivity contribution in [2.24, 2.45) is 11.7 Å². The van der Waals surface area contributed by atoms with Gasteiger partial charge in [0, 0.05) is 6.54 Å². The lowest BCUT2D eigenvalue weighted by molar-refractivity contribution is -0.127. The van der Waals surface area contributed by atoms with E-state index in [0.29, 0.717) is 0 Å². The highest BCUT2D eigenvalue weighted by molar-refractivity contribution is 5.87. The quantitative estimate of drug-likeness (QED) is 0.594. The van der Waals surface area contributed by atoms with Crippen LogP contribution in [-0.2, 0) is 15.0 Å². The van der Waals surface area contributed by atoms with Crippen LogP contribution in [0.25, 0.3) is 0 Å². The van der Waals surface area contributed by atoms with Gasteiger partial charge in [-0.2, -0.15) is 0 Å². The van der Waals surface area contributed by atoms with E-state index in [2.05, 4.69) is 31.4 Å². The summed E-state index contributed by atoms with van der Waals surface area (Å²) < 4.78 is 0. The van der Waals surface area contributed by atoms with E-state index in [9.17, 15) is 14.7 Å². The molecule has 5 N–H and O–H groups in total. The first-order valence-corrected chi connectivity index (χ1v) is 8.61. The second-order valence-electron chi connectivity index (χ2n) is 7.68. The molecular weight excluding hydrogens is 318 g/mol. The van der Waals surface area contributed by atoms with Crippen molar-refractivity contribution in [1.82, 2.24) is 10.6 Å². The van der Waals surface area contributed by atoms with Gasteiger partial charge in [0.2, 0.25) is 11.8 Å². The molecule has 0 saturated carbocycles. The molecule has 1 unspecified atom stereocenters. The van der Waals surface area contributed by atoms with Gasteiger partial charge in [0.15, 0.2) is 0 Å². The SMILES string of the molecule is CC(C)[C@H](N)C(=O)NCC(=O)NCC(O)c1ccc(C(C)(C)C)cc1. The number of benzene rings is 1. The number of hydrogen-bond donors (Lipinski definition) is 4. The van der Waals surface area contributed by atoms with E-state index in [1.165, 1.54) is 5.56 Å². The molecular formula is C19H31N3O3. The van der Waals surface area contributed by atoms with Gasteiger partial charge in [-0.25, -0.2) is 0 Å². The third-order valence-electron chi connectivity index (χ3n) is 4.10. The summed E-state index contributed by atoms with van der Waals surface area (Å²) in [5.74, 6) is -0.723. The summed E-state index contributed by atoms with van der Waals surface area (Å²) in [6, 6.07) is 7.04. The highest BCUT2D eigenvalue weighted by atomic mass is 16.3. The molecule has 0 fully saturated rings. The maximum atomic E-state index is 11.8. The Morgan fingerprint density at radius 3 is 2.16 bits per heavy atom. The molecule has 0 aromatic heterocycles.